The molecule has 6 unspecified atom stereocenters. The number of aryl methyl sites for hydroxylation is 1. The second-order valence-electron chi connectivity index (χ2n) is 26.4. The van der Waals surface area contributed by atoms with Crippen molar-refractivity contribution in [2.45, 2.75) is 92.8 Å². The fraction of sp³-hybridized carbons (Fsp3) is 0.195. The first-order valence-corrected chi connectivity index (χ1v) is 30.9. The summed E-state index contributed by atoms with van der Waals surface area (Å²) in [4.78, 5) is 2.47. The van der Waals surface area contributed by atoms with Crippen molar-refractivity contribution in [2.24, 2.45) is 5.92 Å². The van der Waals surface area contributed by atoms with Gasteiger partial charge in [-0.25, -0.2) is 0 Å². The van der Waals surface area contributed by atoms with Gasteiger partial charge < -0.3 is 9.32 Å². The minimum absolute atomic E-state index is 0.105. The normalized spacial score (nSPS) is 23.2. The van der Waals surface area contributed by atoms with E-state index in [2.05, 4.69) is 274 Å². The van der Waals surface area contributed by atoms with E-state index in [0.717, 1.165) is 60.3 Å². The molecule has 6 atom stereocenters. The molecular weight excluding hydrogens is 1010 g/mol. The van der Waals surface area contributed by atoms with Crippen LogP contribution in [0.2, 0.25) is 0 Å². The average molecular weight is 1080 g/mol. The molecule has 0 saturated heterocycles. The summed E-state index contributed by atoms with van der Waals surface area (Å²) in [6.07, 6.45) is 6.89. The van der Waals surface area contributed by atoms with Gasteiger partial charge in [-0.2, -0.15) is 0 Å². The third-order valence-electron chi connectivity index (χ3n) is 22.3. The molecule has 3 fully saturated rings. The van der Waals surface area contributed by atoms with Gasteiger partial charge in [-0.1, -0.05) is 214 Å². The van der Waals surface area contributed by atoms with Crippen LogP contribution in [0.25, 0.3) is 77.6 Å². The number of fused-ring (bicyclic) bond motifs is 9. The molecule has 0 radical (unpaired) electrons. The van der Waals surface area contributed by atoms with Crippen molar-refractivity contribution in [1.29, 1.82) is 0 Å². The Kier molecular flexibility index (Phi) is 10.1. The third kappa shape index (κ3) is 6.47. The quantitative estimate of drug-likeness (QED) is 0.158. The minimum atomic E-state index is -0.174. The number of furan rings is 1. The zero-order valence-corrected chi connectivity index (χ0v) is 48.0. The molecule has 2 heteroatoms. The molecule has 404 valence electrons. The highest BCUT2D eigenvalue weighted by Gasteiger charge is 2.74. The molecule has 0 amide bonds. The monoisotopic (exact) mass is 1080 g/mol. The van der Waals surface area contributed by atoms with Gasteiger partial charge in [0.05, 0.1) is 0 Å². The molecule has 11 aromatic carbocycles. The summed E-state index contributed by atoms with van der Waals surface area (Å²) in [5.41, 5.74) is 29.9. The molecule has 2 spiro atoms. The Morgan fingerprint density at radius 3 is 1.77 bits per heavy atom. The van der Waals surface area contributed by atoms with Crippen LogP contribution in [-0.4, -0.2) is 0 Å². The first-order valence-electron chi connectivity index (χ1n) is 30.9. The lowest BCUT2D eigenvalue weighted by Gasteiger charge is -2.63. The predicted octanol–water partition coefficient (Wildman–Crippen LogP) is 21.6. The van der Waals surface area contributed by atoms with Crippen molar-refractivity contribution < 1.29 is 4.42 Å². The summed E-state index contributed by atoms with van der Waals surface area (Å²) in [5.74, 6) is 1.03. The van der Waals surface area contributed by atoms with E-state index in [1.807, 2.05) is 0 Å². The Balaban J connectivity index is 0.846. The van der Waals surface area contributed by atoms with Crippen LogP contribution in [-0.2, 0) is 21.7 Å². The number of rotatable bonds is 7. The first-order chi connectivity index (χ1) is 41.2. The predicted molar refractivity (Wildman–Crippen MR) is 347 cm³/mol. The number of nitrogens with zero attached hydrogens (tertiary/aromatic N) is 1. The van der Waals surface area contributed by atoms with E-state index < -0.39 is 0 Å². The molecule has 1 aromatic heterocycles. The molecule has 0 aliphatic heterocycles. The molecule has 12 aromatic rings. The van der Waals surface area contributed by atoms with Gasteiger partial charge in [0.15, 0.2) is 0 Å². The molecule has 84 heavy (non-hydrogen) atoms. The van der Waals surface area contributed by atoms with E-state index >= 15 is 0 Å². The highest BCUT2D eigenvalue weighted by atomic mass is 16.3. The molecular formula is C82H65NO. The molecule has 3 saturated carbocycles. The summed E-state index contributed by atoms with van der Waals surface area (Å²) in [6, 6.07) is 95.9. The lowest BCUT2D eigenvalue weighted by atomic mass is 9.39. The van der Waals surface area contributed by atoms with Crippen LogP contribution in [0.15, 0.2) is 253 Å². The summed E-state index contributed by atoms with van der Waals surface area (Å²) in [7, 11) is 0. The standard InChI is InChI=1S/C82H65NO/c1-51-20-7-8-25-60(51)63-28-12-15-33-69(63)80-42-19-43-82-72-45-55(46-75-77(72)76-67(31-18-35-74(76)84-75)73(82)50-81(78(80)82)49-56(48-80)61-26-9-10-27-62(61)64-29-13-16-34-70(64)81)53-36-38-57(39-37-53)83(58-24-17-23-54(44-58)52-21-5-4-6-22-52)59-40-41-66-65-30-11-14-32-68(65)79(2,3)71(66)47-59/h4-18,20-41,44-47,56,73,78H,19,42-43,48-50H2,1-3H3. The van der Waals surface area contributed by atoms with E-state index in [1.54, 1.807) is 16.7 Å². The highest BCUT2D eigenvalue weighted by molar-refractivity contribution is 6.12. The van der Waals surface area contributed by atoms with E-state index in [-0.39, 0.29) is 21.7 Å². The van der Waals surface area contributed by atoms with Crippen LogP contribution in [0.3, 0.4) is 0 Å². The Morgan fingerprint density at radius 2 is 0.976 bits per heavy atom. The average Bonchev–Trinajstić information content (AvgIpc) is 1.45. The van der Waals surface area contributed by atoms with Gasteiger partial charge in [0.2, 0.25) is 0 Å². The van der Waals surface area contributed by atoms with Crippen LogP contribution < -0.4 is 4.90 Å². The molecule has 0 N–H and O–H groups in total. The maximum atomic E-state index is 7.24. The molecule has 1 heterocycles. The maximum Gasteiger partial charge on any atom is 0.136 e. The summed E-state index contributed by atoms with van der Waals surface area (Å²) < 4.78 is 7.24. The summed E-state index contributed by atoms with van der Waals surface area (Å²) in [6.45, 7) is 7.08. The van der Waals surface area contributed by atoms with Crippen molar-refractivity contribution in [3.63, 3.8) is 0 Å². The second kappa shape index (κ2) is 17.5. The van der Waals surface area contributed by atoms with Crippen LogP contribution in [0.5, 0.6) is 0 Å². The summed E-state index contributed by atoms with van der Waals surface area (Å²) in [5, 5.41) is 2.71. The Labute approximate surface area is 493 Å². The molecule has 2 nitrogen and oxygen atoms in total. The number of anilines is 3. The third-order valence-corrected chi connectivity index (χ3v) is 22.3. The second-order valence-corrected chi connectivity index (χ2v) is 26.4. The SMILES string of the molecule is Cc1ccccc1-c1ccccc1C12CCCC34c5cc(-c6ccc(N(c7cccc(-c8ccccc8)c7)c7ccc8c(c7)C(C)(C)c7ccccc7-8)cc6)cc6oc7cccc(c7c56)C3CC3(CC(C1)c1ccccc1-c1ccccc13)C24. The van der Waals surface area contributed by atoms with Crippen molar-refractivity contribution in [3.05, 3.63) is 293 Å². The topological polar surface area (TPSA) is 16.4 Å². The van der Waals surface area contributed by atoms with Gasteiger partial charge in [-0.3, -0.25) is 0 Å². The van der Waals surface area contributed by atoms with Crippen molar-refractivity contribution >= 4 is 39.0 Å². The maximum absolute atomic E-state index is 7.24. The van der Waals surface area contributed by atoms with Gasteiger partial charge in [0.25, 0.3) is 0 Å². The van der Waals surface area contributed by atoms with Crippen molar-refractivity contribution in [1.82, 2.24) is 0 Å². The van der Waals surface area contributed by atoms with Crippen LogP contribution in [0.4, 0.5) is 17.1 Å². The van der Waals surface area contributed by atoms with E-state index in [9.17, 15) is 0 Å². The van der Waals surface area contributed by atoms with Gasteiger partial charge in [0, 0.05) is 49.5 Å². The van der Waals surface area contributed by atoms with Gasteiger partial charge in [0.1, 0.15) is 11.2 Å². The van der Waals surface area contributed by atoms with Crippen LogP contribution in [0, 0.1) is 12.8 Å². The molecule has 6 aliphatic carbocycles. The molecule has 6 aliphatic rings. The molecule has 18 rings (SSSR count). The smallest absolute Gasteiger partial charge is 0.136 e. The van der Waals surface area contributed by atoms with E-state index in [4.69, 9.17) is 4.42 Å². The number of hydrogen-bond acceptors (Lipinski definition) is 2. The first kappa shape index (κ1) is 48.5. The summed E-state index contributed by atoms with van der Waals surface area (Å²) >= 11 is 0. The van der Waals surface area contributed by atoms with E-state index in [0.29, 0.717) is 17.8 Å². The minimum Gasteiger partial charge on any atom is -0.456 e. The zero-order chi connectivity index (χ0) is 55.7. The van der Waals surface area contributed by atoms with Gasteiger partial charge in [-0.15, -0.1) is 0 Å². The fourth-order valence-corrected chi connectivity index (χ4v) is 19.4. The Bertz CT molecular complexity index is 4710. The van der Waals surface area contributed by atoms with Gasteiger partial charge >= 0.3 is 0 Å². The fourth-order valence-electron chi connectivity index (χ4n) is 19.4. The lowest BCUT2D eigenvalue weighted by Crippen LogP contribution is -2.60. The van der Waals surface area contributed by atoms with Crippen molar-refractivity contribution in [3.8, 4) is 55.6 Å². The largest absolute Gasteiger partial charge is 0.456 e. The lowest BCUT2D eigenvalue weighted by molar-refractivity contribution is 0.00465. The van der Waals surface area contributed by atoms with Crippen LogP contribution >= 0.6 is 0 Å². The Hall–Kier alpha value is -8.98. The Morgan fingerprint density at radius 1 is 0.381 bits per heavy atom. The zero-order valence-electron chi connectivity index (χ0n) is 48.0. The number of benzene rings is 11. The van der Waals surface area contributed by atoms with Crippen LogP contribution in [0.1, 0.15) is 109 Å². The van der Waals surface area contributed by atoms with Crippen molar-refractivity contribution in [2.75, 3.05) is 4.90 Å². The van der Waals surface area contributed by atoms with E-state index in [1.165, 1.54) is 101 Å². The van der Waals surface area contributed by atoms with Gasteiger partial charge in [-0.05, 0) is 212 Å². The number of hydrogen-bond donors (Lipinski definition) is 0. The molecule has 2 bridgehead atoms. The highest BCUT2D eigenvalue weighted by Crippen LogP contribution is 2.80.